The van der Waals surface area contributed by atoms with E-state index in [1.54, 1.807) is 0 Å². The second kappa shape index (κ2) is 8.61. The fourth-order valence-corrected chi connectivity index (χ4v) is 2.62. The summed E-state index contributed by atoms with van der Waals surface area (Å²) in [5.74, 6) is 1.96. The minimum atomic E-state index is 0.374. The Morgan fingerprint density at radius 2 is 2.09 bits per heavy atom. The van der Waals surface area contributed by atoms with Crippen LogP contribution in [-0.4, -0.2) is 36.6 Å². The zero-order chi connectivity index (χ0) is 15.8. The Morgan fingerprint density at radius 3 is 2.77 bits per heavy atom. The van der Waals surface area contributed by atoms with Crippen LogP contribution in [0.25, 0.3) is 0 Å². The highest BCUT2D eigenvalue weighted by molar-refractivity contribution is 5.80. The summed E-state index contributed by atoms with van der Waals surface area (Å²) in [6.45, 7) is 10.1. The molecule has 1 aliphatic rings. The lowest BCUT2D eigenvalue weighted by atomic mass is 10.1. The quantitative estimate of drug-likeness (QED) is 0.648. The van der Waals surface area contributed by atoms with Crippen molar-refractivity contribution in [3.8, 4) is 0 Å². The maximum atomic E-state index is 4.66. The molecule has 1 aromatic rings. The van der Waals surface area contributed by atoms with E-state index in [1.807, 2.05) is 6.20 Å². The number of piperidine rings is 1. The standard InChI is InChI=1S/C17H29N5/c1-4-18-17(21-14(2)3)20-13-15-8-9-19-16(12-15)22-10-6-5-7-11-22/h8-9,12,14H,4-7,10-11,13H2,1-3H3,(H2,18,20,21). The van der Waals surface area contributed by atoms with Gasteiger partial charge in [0.1, 0.15) is 5.82 Å². The minimum absolute atomic E-state index is 0.374. The third kappa shape index (κ3) is 5.20. The molecule has 5 heteroatoms. The van der Waals surface area contributed by atoms with Gasteiger partial charge in [-0.2, -0.15) is 0 Å². The molecule has 0 radical (unpaired) electrons. The van der Waals surface area contributed by atoms with Gasteiger partial charge in [-0.1, -0.05) is 0 Å². The molecule has 2 rings (SSSR count). The van der Waals surface area contributed by atoms with E-state index in [0.717, 1.165) is 31.4 Å². The van der Waals surface area contributed by atoms with Crippen molar-refractivity contribution < 1.29 is 0 Å². The number of anilines is 1. The topological polar surface area (TPSA) is 52.6 Å². The molecule has 1 aromatic heterocycles. The first-order valence-electron chi connectivity index (χ1n) is 8.43. The molecule has 22 heavy (non-hydrogen) atoms. The number of hydrogen-bond donors (Lipinski definition) is 2. The molecule has 0 bridgehead atoms. The normalized spacial score (nSPS) is 16.0. The monoisotopic (exact) mass is 303 g/mol. The van der Waals surface area contributed by atoms with Crippen LogP contribution in [0.3, 0.4) is 0 Å². The maximum absolute atomic E-state index is 4.66. The highest BCUT2D eigenvalue weighted by Crippen LogP contribution is 2.18. The van der Waals surface area contributed by atoms with E-state index in [1.165, 1.54) is 24.8 Å². The lowest BCUT2D eigenvalue weighted by Crippen LogP contribution is -2.41. The molecule has 5 nitrogen and oxygen atoms in total. The second-order valence-corrected chi connectivity index (χ2v) is 6.06. The van der Waals surface area contributed by atoms with Crippen molar-refractivity contribution in [3.63, 3.8) is 0 Å². The van der Waals surface area contributed by atoms with E-state index < -0.39 is 0 Å². The average molecular weight is 303 g/mol. The molecule has 0 aliphatic carbocycles. The molecule has 0 unspecified atom stereocenters. The molecular formula is C17H29N5. The van der Waals surface area contributed by atoms with Gasteiger partial charge in [0.15, 0.2) is 5.96 Å². The molecular weight excluding hydrogens is 274 g/mol. The summed E-state index contributed by atoms with van der Waals surface area (Å²) in [6.07, 6.45) is 5.78. The number of pyridine rings is 1. The first-order valence-corrected chi connectivity index (χ1v) is 8.43. The van der Waals surface area contributed by atoms with Crippen molar-refractivity contribution in [2.24, 2.45) is 4.99 Å². The SMILES string of the molecule is CCNC(=NCc1ccnc(N2CCCCC2)c1)NC(C)C. The lowest BCUT2D eigenvalue weighted by molar-refractivity contribution is 0.573. The van der Waals surface area contributed by atoms with Gasteiger partial charge < -0.3 is 15.5 Å². The van der Waals surface area contributed by atoms with Gasteiger partial charge in [-0.15, -0.1) is 0 Å². The van der Waals surface area contributed by atoms with Crippen molar-refractivity contribution in [1.82, 2.24) is 15.6 Å². The lowest BCUT2D eigenvalue weighted by Gasteiger charge is -2.27. The van der Waals surface area contributed by atoms with Crippen LogP contribution in [0.4, 0.5) is 5.82 Å². The van der Waals surface area contributed by atoms with Gasteiger partial charge >= 0.3 is 0 Å². The molecule has 0 atom stereocenters. The van der Waals surface area contributed by atoms with E-state index in [9.17, 15) is 0 Å². The summed E-state index contributed by atoms with van der Waals surface area (Å²) in [7, 11) is 0. The van der Waals surface area contributed by atoms with Crippen LogP contribution in [0.2, 0.25) is 0 Å². The van der Waals surface area contributed by atoms with Crippen LogP contribution >= 0.6 is 0 Å². The van der Waals surface area contributed by atoms with E-state index in [-0.39, 0.29) is 0 Å². The fraction of sp³-hybridized carbons (Fsp3) is 0.647. The van der Waals surface area contributed by atoms with Crippen LogP contribution in [0.5, 0.6) is 0 Å². The van der Waals surface area contributed by atoms with Gasteiger partial charge in [-0.25, -0.2) is 9.98 Å². The predicted octanol–water partition coefficient (Wildman–Crippen LogP) is 2.54. The Kier molecular flexibility index (Phi) is 6.49. The third-order valence-corrected chi connectivity index (χ3v) is 3.68. The number of nitrogens with zero attached hydrogens (tertiary/aromatic N) is 3. The smallest absolute Gasteiger partial charge is 0.191 e. The van der Waals surface area contributed by atoms with Crippen molar-refractivity contribution in [2.45, 2.75) is 52.6 Å². The molecule has 1 saturated heterocycles. The first-order chi connectivity index (χ1) is 10.7. The maximum Gasteiger partial charge on any atom is 0.191 e. The van der Waals surface area contributed by atoms with Gasteiger partial charge in [0, 0.05) is 31.9 Å². The average Bonchev–Trinajstić information content (AvgIpc) is 2.53. The van der Waals surface area contributed by atoms with Crippen LogP contribution in [0, 0.1) is 0 Å². The summed E-state index contributed by atoms with van der Waals surface area (Å²) in [4.78, 5) is 11.6. The minimum Gasteiger partial charge on any atom is -0.357 e. The van der Waals surface area contributed by atoms with E-state index >= 15 is 0 Å². The number of aliphatic imine (C=N–C) groups is 1. The Morgan fingerprint density at radius 1 is 1.32 bits per heavy atom. The summed E-state index contributed by atoms with van der Waals surface area (Å²) < 4.78 is 0. The van der Waals surface area contributed by atoms with Crippen molar-refractivity contribution in [1.29, 1.82) is 0 Å². The van der Waals surface area contributed by atoms with Gasteiger partial charge in [0.2, 0.25) is 0 Å². The number of aromatic nitrogens is 1. The number of hydrogen-bond acceptors (Lipinski definition) is 3. The molecule has 0 saturated carbocycles. The Hall–Kier alpha value is -1.78. The fourth-order valence-electron chi connectivity index (χ4n) is 2.62. The second-order valence-electron chi connectivity index (χ2n) is 6.06. The summed E-state index contributed by atoms with van der Waals surface area (Å²) in [6, 6.07) is 4.60. The number of guanidine groups is 1. The highest BCUT2D eigenvalue weighted by atomic mass is 15.2. The van der Waals surface area contributed by atoms with E-state index in [0.29, 0.717) is 12.6 Å². The van der Waals surface area contributed by atoms with Crippen molar-refractivity contribution in [2.75, 3.05) is 24.5 Å². The summed E-state index contributed by atoms with van der Waals surface area (Å²) in [5.41, 5.74) is 1.21. The van der Waals surface area contributed by atoms with E-state index in [2.05, 4.69) is 58.4 Å². The largest absolute Gasteiger partial charge is 0.357 e. The molecule has 2 N–H and O–H groups in total. The Balaban J connectivity index is 2.02. The highest BCUT2D eigenvalue weighted by Gasteiger charge is 2.12. The predicted molar refractivity (Wildman–Crippen MR) is 93.4 cm³/mol. The van der Waals surface area contributed by atoms with Crippen LogP contribution in [0.1, 0.15) is 45.6 Å². The van der Waals surface area contributed by atoms with E-state index in [4.69, 9.17) is 0 Å². The molecule has 1 aliphatic heterocycles. The zero-order valence-electron chi connectivity index (χ0n) is 14.1. The third-order valence-electron chi connectivity index (χ3n) is 3.68. The Bertz CT molecular complexity index is 478. The number of nitrogens with one attached hydrogen (secondary N) is 2. The summed E-state index contributed by atoms with van der Waals surface area (Å²) >= 11 is 0. The molecule has 0 amide bonds. The van der Waals surface area contributed by atoms with Gasteiger partial charge in [-0.3, -0.25) is 0 Å². The van der Waals surface area contributed by atoms with Crippen LogP contribution < -0.4 is 15.5 Å². The molecule has 0 spiro atoms. The van der Waals surface area contributed by atoms with Crippen molar-refractivity contribution >= 4 is 11.8 Å². The van der Waals surface area contributed by atoms with Gasteiger partial charge in [0.25, 0.3) is 0 Å². The molecule has 122 valence electrons. The summed E-state index contributed by atoms with van der Waals surface area (Å²) in [5, 5.41) is 6.62. The Labute approximate surface area is 134 Å². The number of rotatable bonds is 5. The molecule has 1 fully saturated rings. The first kappa shape index (κ1) is 16.6. The molecule has 0 aromatic carbocycles. The zero-order valence-corrected chi connectivity index (χ0v) is 14.1. The van der Waals surface area contributed by atoms with Crippen LogP contribution in [0.15, 0.2) is 23.3 Å². The van der Waals surface area contributed by atoms with Crippen LogP contribution in [-0.2, 0) is 6.54 Å². The molecule has 2 heterocycles. The van der Waals surface area contributed by atoms with Gasteiger partial charge in [0.05, 0.1) is 6.54 Å². The van der Waals surface area contributed by atoms with Crippen molar-refractivity contribution in [3.05, 3.63) is 23.9 Å². The van der Waals surface area contributed by atoms with Gasteiger partial charge in [-0.05, 0) is 57.7 Å².